The number of carbonyl (C=O) groups is 3. The molecule has 0 spiro atoms. The molecule has 0 aromatic rings. The summed E-state index contributed by atoms with van der Waals surface area (Å²) < 4.78 is 38.2. The van der Waals surface area contributed by atoms with Gasteiger partial charge in [0.25, 0.3) is 0 Å². The molecule has 7 nitrogen and oxygen atoms in total. The van der Waals surface area contributed by atoms with Gasteiger partial charge in [-0.25, -0.2) is 0 Å². The number of likely N-dealkylation sites (tertiary alicyclic amines) is 1. The Kier molecular flexibility index (Phi) is 5.85. The molecular formula is C20H30F3N3O4. The van der Waals surface area contributed by atoms with Gasteiger partial charge in [-0.2, -0.15) is 13.2 Å². The molecule has 1 unspecified atom stereocenters. The molecule has 3 N–H and O–H groups in total. The van der Waals surface area contributed by atoms with Gasteiger partial charge >= 0.3 is 12.1 Å². The lowest BCUT2D eigenvalue weighted by molar-refractivity contribution is -0.175. The first kappa shape index (κ1) is 22.8. The average molecular weight is 433 g/mol. The molecule has 0 aromatic heterocycles. The van der Waals surface area contributed by atoms with Gasteiger partial charge < -0.3 is 20.6 Å². The summed E-state index contributed by atoms with van der Waals surface area (Å²) in [4.78, 5) is 39.1. The zero-order valence-electron chi connectivity index (χ0n) is 17.6. The highest BCUT2D eigenvalue weighted by atomic mass is 19.4. The predicted octanol–water partition coefficient (Wildman–Crippen LogP) is 1.06. The standard InChI is InChI=1S/C20H30F3N3O4/c1-9(2)12(8-27)24-16(28)15-13-11(19(13,3)4)7-26(15)17(29)14(10-5-6-10)25-18(30)20(21,22)23/h9-15,27H,5-8H2,1-4H3,(H,24,28)(H,25,30)/t11-,12?,13-,14-,15-/m0/s1. The van der Waals surface area contributed by atoms with E-state index in [0.717, 1.165) is 0 Å². The fraction of sp³-hybridized carbons (Fsp3) is 0.850. The lowest BCUT2D eigenvalue weighted by Gasteiger charge is -2.34. The van der Waals surface area contributed by atoms with E-state index in [1.165, 1.54) is 4.90 Å². The minimum absolute atomic E-state index is 0.0298. The quantitative estimate of drug-likeness (QED) is 0.559. The monoisotopic (exact) mass is 433 g/mol. The molecule has 170 valence electrons. The van der Waals surface area contributed by atoms with Gasteiger partial charge in [-0.1, -0.05) is 27.7 Å². The number of hydrogen-bond donors (Lipinski definition) is 3. The molecule has 1 saturated heterocycles. The number of nitrogens with zero attached hydrogens (tertiary/aromatic N) is 1. The second-order valence-electron chi connectivity index (χ2n) is 9.72. The Morgan fingerprint density at radius 2 is 1.77 bits per heavy atom. The molecule has 1 heterocycles. The summed E-state index contributed by atoms with van der Waals surface area (Å²) in [6.45, 7) is 7.70. The Hall–Kier alpha value is -1.84. The van der Waals surface area contributed by atoms with E-state index in [0.29, 0.717) is 12.8 Å². The number of carbonyl (C=O) groups excluding carboxylic acids is 3. The average Bonchev–Trinajstić information content (AvgIpc) is 3.50. The Morgan fingerprint density at radius 3 is 2.23 bits per heavy atom. The van der Waals surface area contributed by atoms with Crippen LogP contribution in [-0.2, 0) is 14.4 Å². The van der Waals surface area contributed by atoms with Crippen LogP contribution in [0, 0.1) is 29.1 Å². The number of rotatable bonds is 7. The van der Waals surface area contributed by atoms with Crippen LogP contribution < -0.4 is 10.6 Å². The first-order chi connectivity index (χ1) is 13.8. The van der Waals surface area contributed by atoms with Gasteiger partial charge in [-0.15, -0.1) is 0 Å². The molecule has 30 heavy (non-hydrogen) atoms. The van der Waals surface area contributed by atoms with Gasteiger partial charge in [0.1, 0.15) is 12.1 Å². The molecule has 3 rings (SSSR count). The van der Waals surface area contributed by atoms with Crippen molar-refractivity contribution in [3.63, 3.8) is 0 Å². The number of aliphatic hydroxyl groups excluding tert-OH is 1. The summed E-state index contributed by atoms with van der Waals surface area (Å²) in [6, 6.07) is -2.59. The van der Waals surface area contributed by atoms with E-state index in [2.05, 4.69) is 5.32 Å². The van der Waals surface area contributed by atoms with Crippen molar-refractivity contribution < 1.29 is 32.7 Å². The maximum Gasteiger partial charge on any atom is 0.471 e. The van der Waals surface area contributed by atoms with Crippen LogP contribution >= 0.6 is 0 Å². The third kappa shape index (κ3) is 4.15. The lowest BCUT2D eigenvalue weighted by atomic mass is 9.98. The molecule has 0 aromatic carbocycles. The predicted molar refractivity (Wildman–Crippen MR) is 101 cm³/mol. The molecular weight excluding hydrogens is 403 g/mol. The summed E-state index contributed by atoms with van der Waals surface area (Å²) in [5.74, 6) is -3.60. The third-order valence-electron chi connectivity index (χ3n) is 6.99. The first-order valence-corrected chi connectivity index (χ1v) is 10.4. The Balaban J connectivity index is 1.79. The van der Waals surface area contributed by atoms with Crippen molar-refractivity contribution in [2.24, 2.45) is 29.1 Å². The molecule has 1 aliphatic heterocycles. The Labute approximate surface area is 173 Å². The second kappa shape index (κ2) is 7.69. The fourth-order valence-electron chi connectivity index (χ4n) is 4.72. The Bertz CT molecular complexity index is 721. The van der Waals surface area contributed by atoms with Crippen molar-refractivity contribution in [3.8, 4) is 0 Å². The summed E-state index contributed by atoms with van der Waals surface area (Å²) in [7, 11) is 0. The van der Waals surface area contributed by atoms with E-state index in [1.807, 2.05) is 33.0 Å². The second-order valence-corrected chi connectivity index (χ2v) is 9.72. The molecule has 3 aliphatic rings. The molecule has 5 atom stereocenters. The highest BCUT2D eigenvalue weighted by molar-refractivity contribution is 5.94. The number of nitrogens with one attached hydrogen (secondary N) is 2. The van der Waals surface area contributed by atoms with Crippen molar-refractivity contribution in [2.45, 2.75) is 64.8 Å². The third-order valence-corrected chi connectivity index (χ3v) is 6.99. The van der Waals surface area contributed by atoms with Crippen molar-refractivity contribution in [2.75, 3.05) is 13.2 Å². The number of hydrogen-bond acceptors (Lipinski definition) is 4. The molecule has 3 fully saturated rings. The van der Waals surface area contributed by atoms with Gasteiger partial charge in [0.15, 0.2) is 0 Å². The number of amides is 3. The normalized spacial score (nSPS) is 29.2. The SMILES string of the molecule is CC(C)C(CO)NC(=O)[C@@H]1[C@@H]2[C@H](CN1C(=O)[C@@H](NC(=O)C(F)(F)F)C1CC1)C2(C)C. The number of halogens is 3. The molecule has 10 heteroatoms. The van der Waals surface area contributed by atoms with Gasteiger partial charge in [0.05, 0.1) is 12.6 Å². The van der Waals surface area contributed by atoms with Crippen molar-refractivity contribution in [1.82, 2.24) is 15.5 Å². The van der Waals surface area contributed by atoms with E-state index in [9.17, 15) is 32.7 Å². The van der Waals surface area contributed by atoms with Gasteiger partial charge in [-0.3, -0.25) is 14.4 Å². The molecule has 2 saturated carbocycles. The topological polar surface area (TPSA) is 98.7 Å². The van der Waals surface area contributed by atoms with E-state index in [4.69, 9.17) is 0 Å². The number of alkyl halides is 3. The molecule has 0 bridgehead atoms. The summed E-state index contributed by atoms with van der Waals surface area (Å²) in [6.07, 6.45) is -3.97. The fourth-order valence-corrected chi connectivity index (χ4v) is 4.72. The van der Waals surface area contributed by atoms with Crippen LogP contribution in [0.25, 0.3) is 0 Å². The smallest absolute Gasteiger partial charge is 0.394 e. The van der Waals surface area contributed by atoms with Crippen molar-refractivity contribution in [3.05, 3.63) is 0 Å². The largest absolute Gasteiger partial charge is 0.471 e. The maximum absolute atomic E-state index is 13.2. The summed E-state index contributed by atoms with van der Waals surface area (Å²) in [5.41, 5.74) is -0.157. The maximum atomic E-state index is 13.2. The van der Waals surface area contributed by atoms with Crippen molar-refractivity contribution >= 4 is 17.7 Å². The molecule has 3 amide bonds. The van der Waals surface area contributed by atoms with E-state index >= 15 is 0 Å². The van der Waals surface area contributed by atoms with Crippen LogP contribution in [0.3, 0.4) is 0 Å². The minimum Gasteiger partial charge on any atom is -0.394 e. The summed E-state index contributed by atoms with van der Waals surface area (Å²) >= 11 is 0. The van der Waals surface area contributed by atoms with Crippen LogP contribution in [0.15, 0.2) is 0 Å². The zero-order valence-corrected chi connectivity index (χ0v) is 17.6. The van der Waals surface area contributed by atoms with Crippen LogP contribution in [0.4, 0.5) is 13.2 Å². The Morgan fingerprint density at radius 1 is 1.17 bits per heavy atom. The number of piperidine rings is 1. The van der Waals surface area contributed by atoms with Crippen LogP contribution in [0.1, 0.15) is 40.5 Å². The highest BCUT2D eigenvalue weighted by Crippen LogP contribution is 2.65. The van der Waals surface area contributed by atoms with Gasteiger partial charge in [0.2, 0.25) is 11.8 Å². The molecule has 2 aliphatic carbocycles. The van der Waals surface area contributed by atoms with Crippen LogP contribution in [-0.4, -0.2) is 65.2 Å². The lowest BCUT2D eigenvalue weighted by Crippen LogP contribution is -2.59. The zero-order chi connectivity index (χ0) is 22.6. The van der Waals surface area contributed by atoms with Gasteiger partial charge in [0, 0.05) is 6.54 Å². The number of fused-ring (bicyclic) bond motifs is 1. The highest BCUT2D eigenvalue weighted by Gasteiger charge is 2.70. The van der Waals surface area contributed by atoms with E-state index in [-0.39, 0.29) is 42.2 Å². The number of aliphatic hydroxyl groups is 1. The van der Waals surface area contributed by atoms with Crippen LogP contribution in [0.5, 0.6) is 0 Å². The molecule has 0 radical (unpaired) electrons. The van der Waals surface area contributed by atoms with Gasteiger partial charge in [-0.05, 0) is 41.9 Å². The minimum atomic E-state index is -5.08. The first-order valence-electron chi connectivity index (χ1n) is 10.4. The van der Waals surface area contributed by atoms with Crippen LogP contribution in [0.2, 0.25) is 0 Å². The van der Waals surface area contributed by atoms with Crippen molar-refractivity contribution in [1.29, 1.82) is 0 Å². The summed E-state index contributed by atoms with van der Waals surface area (Å²) in [5, 5.41) is 14.2. The van der Waals surface area contributed by atoms with E-state index < -0.39 is 42.0 Å². The van der Waals surface area contributed by atoms with E-state index in [1.54, 1.807) is 0 Å².